The lowest BCUT2D eigenvalue weighted by molar-refractivity contribution is -0.114. The van der Waals surface area contributed by atoms with Crippen LogP contribution in [0.3, 0.4) is 0 Å². The van der Waals surface area contributed by atoms with E-state index in [-0.39, 0.29) is 12.5 Å². The van der Waals surface area contributed by atoms with Crippen LogP contribution < -0.4 is 16.0 Å². The van der Waals surface area contributed by atoms with Crippen LogP contribution in [0.2, 0.25) is 0 Å². The molecule has 2 amide bonds. The number of rotatable bonds is 6. The van der Waals surface area contributed by atoms with Crippen LogP contribution in [0.4, 0.5) is 22.0 Å². The molecule has 0 bridgehead atoms. The Morgan fingerprint density at radius 2 is 1.96 bits per heavy atom. The number of ether oxygens (including phenoxy) is 1. The van der Waals surface area contributed by atoms with E-state index in [4.69, 9.17) is 9.26 Å². The van der Waals surface area contributed by atoms with Crippen LogP contribution in [0, 0.1) is 13.8 Å². The number of nitrogens with one attached hydrogen (secondary N) is 3. The molecule has 128 valence electrons. The number of anilines is 3. The number of hydrogen-bond donors (Lipinski definition) is 3. The van der Waals surface area contributed by atoms with Gasteiger partial charge in [0.25, 0.3) is 0 Å². The highest BCUT2D eigenvalue weighted by molar-refractivity contribution is 5.93. The third-order valence-corrected chi connectivity index (χ3v) is 3.18. The number of carbonyl (C=O) groups is 2. The van der Waals surface area contributed by atoms with Gasteiger partial charge in [-0.3, -0.25) is 10.1 Å². The lowest BCUT2D eigenvalue weighted by atomic mass is 10.1. The molecule has 0 aliphatic rings. The molecule has 24 heavy (non-hydrogen) atoms. The zero-order valence-corrected chi connectivity index (χ0v) is 13.8. The first-order valence-corrected chi connectivity index (χ1v) is 7.50. The first-order chi connectivity index (χ1) is 11.5. The van der Waals surface area contributed by atoms with E-state index < -0.39 is 6.09 Å². The van der Waals surface area contributed by atoms with E-state index in [2.05, 4.69) is 21.1 Å². The molecule has 0 atom stereocenters. The average Bonchev–Trinajstić information content (AvgIpc) is 2.93. The van der Waals surface area contributed by atoms with E-state index >= 15 is 0 Å². The molecule has 0 unspecified atom stereocenters. The SMILES string of the molecule is CCOC(=O)Nc1cccc(NCC(=O)Nc2cc(C)on2)c1C. The van der Waals surface area contributed by atoms with E-state index in [0.717, 1.165) is 11.3 Å². The zero-order valence-electron chi connectivity index (χ0n) is 13.8. The number of amides is 2. The Hall–Kier alpha value is -3.03. The second kappa shape index (κ2) is 8.00. The highest BCUT2D eigenvalue weighted by atomic mass is 16.5. The Balaban J connectivity index is 1.94. The fourth-order valence-corrected chi connectivity index (χ4v) is 2.03. The van der Waals surface area contributed by atoms with Gasteiger partial charge in [-0.05, 0) is 38.5 Å². The van der Waals surface area contributed by atoms with Gasteiger partial charge in [0.05, 0.1) is 13.2 Å². The maximum absolute atomic E-state index is 11.9. The lowest BCUT2D eigenvalue weighted by Gasteiger charge is -2.13. The van der Waals surface area contributed by atoms with Gasteiger partial charge in [-0.1, -0.05) is 11.2 Å². The summed E-state index contributed by atoms with van der Waals surface area (Å²) >= 11 is 0. The summed E-state index contributed by atoms with van der Waals surface area (Å²) in [6.45, 7) is 5.66. The van der Waals surface area contributed by atoms with E-state index in [1.807, 2.05) is 13.0 Å². The zero-order chi connectivity index (χ0) is 17.5. The maximum atomic E-state index is 11.9. The Labute approximate surface area is 139 Å². The van der Waals surface area contributed by atoms with Crippen molar-refractivity contribution in [1.29, 1.82) is 0 Å². The fraction of sp³-hybridized carbons (Fsp3) is 0.312. The maximum Gasteiger partial charge on any atom is 0.411 e. The molecule has 8 nitrogen and oxygen atoms in total. The number of aryl methyl sites for hydroxylation is 1. The van der Waals surface area contributed by atoms with Gasteiger partial charge in [0.2, 0.25) is 5.91 Å². The Kier molecular flexibility index (Phi) is 5.78. The molecule has 0 saturated carbocycles. The van der Waals surface area contributed by atoms with Gasteiger partial charge in [0, 0.05) is 17.4 Å². The summed E-state index contributed by atoms with van der Waals surface area (Å²) in [6.07, 6.45) is -0.517. The molecule has 8 heteroatoms. The summed E-state index contributed by atoms with van der Waals surface area (Å²) in [7, 11) is 0. The quantitative estimate of drug-likeness (QED) is 0.751. The number of benzene rings is 1. The van der Waals surface area contributed by atoms with Crippen molar-refractivity contribution in [3.8, 4) is 0 Å². The molecule has 1 heterocycles. The summed E-state index contributed by atoms with van der Waals surface area (Å²) in [6, 6.07) is 6.98. The Bertz CT molecular complexity index is 727. The number of carbonyl (C=O) groups excluding carboxylic acids is 2. The molecule has 2 aromatic rings. The van der Waals surface area contributed by atoms with Crippen molar-refractivity contribution >= 4 is 29.2 Å². The van der Waals surface area contributed by atoms with E-state index in [0.29, 0.717) is 23.9 Å². The molecule has 0 spiro atoms. The van der Waals surface area contributed by atoms with E-state index in [1.165, 1.54) is 0 Å². The molecule has 2 rings (SSSR count). The second-order valence-electron chi connectivity index (χ2n) is 5.05. The van der Waals surface area contributed by atoms with Gasteiger partial charge in [-0.25, -0.2) is 4.79 Å². The van der Waals surface area contributed by atoms with Crippen LogP contribution in [0.15, 0.2) is 28.8 Å². The van der Waals surface area contributed by atoms with Gasteiger partial charge in [-0.2, -0.15) is 0 Å². The van der Waals surface area contributed by atoms with Gasteiger partial charge >= 0.3 is 6.09 Å². The molecule has 0 saturated heterocycles. The van der Waals surface area contributed by atoms with Crippen LogP contribution in [0.1, 0.15) is 18.2 Å². The summed E-state index contributed by atoms with van der Waals surface area (Å²) in [5.74, 6) is 0.729. The van der Waals surface area contributed by atoms with Crippen molar-refractivity contribution in [2.75, 3.05) is 29.1 Å². The van der Waals surface area contributed by atoms with Crippen LogP contribution in [0.5, 0.6) is 0 Å². The van der Waals surface area contributed by atoms with Gasteiger partial charge in [0.15, 0.2) is 5.82 Å². The van der Waals surface area contributed by atoms with Crippen molar-refractivity contribution in [1.82, 2.24) is 5.16 Å². The summed E-state index contributed by atoms with van der Waals surface area (Å²) in [5, 5.41) is 12.0. The van der Waals surface area contributed by atoms with E-state index in [9.17, 15) is 9.59 Å². The molecular formula is C16H20N4O4. The van der Waals surface area contributed by atoms with Crippen LogP contribution in [-0.2, 0) is 9.53 Å². The van der Waals surface area contributed by atoms with Crippen LogP contribution >= 0.6 is 0 Å². The summed E-state index contributed by atoms with van der Waals surface area (Å²) in [5.41, 5.74) is 2.15. The highest BCUT2D eigenvalue weighted by Gasteiger charge is 2.10. The Morgan fingerprint density at radius 1 is 1.21 bits per heavy atom. The minimum absolute atomic E-state index is 0.0512. The predicted octanol–water partition coefficient (Wildman–Crippen LogP) is 2.91. The molecule has 0 radical (unpaired) electrons. The van der Waals surface area contributed by atoms with Crippen LogP contribution in [-0.4, -0.2) is 30.3 Å². The first-order valence-electron chi connectivity index (χ1n) is 7.50. The summed E-state index contributed by atoms with van der Waals surface area (Å²) < 4.78 is 9.74. The summed E-state index contributed by atoms with van der Waals surface area (Å²) in [4.78, 5) is 23.4. The van der Waals surface area contributed by atoms with Crippen molar-refractivity contribution < 1.29 is 18.8 Å². The van der Waals surface area contributed by atoms with Crippen molar-refractivity contribution in [3.63, 3.8) is 0 Å². The fourth-order valence-electron chi connectivity index (χ4n) is 2.03. The third-order valence-electron chi connectivity index (χ3n) is 3.18. The van der Waals surface area contributed by atoms with Gasteiger partial charge < -0.3 is 19.9 Å². The van der Waals surface area contributed by atoms with E-state index in [1.54, 1.807) is 32.0 Å². The normalized spacial score (nSPS) is 10.1. The third kappa shape index (κ3) is 4.73. The second-order valence-corrected chi connectivity index (χ2v) is 5.05. The molecule has 0 fully saturated rings. The molecular weight excluding hydrogens is 312 g/mol. The number of aromatic nitrogens is 1. The van der Waals surface area contributed by atoms with Crippen molar-refractivity contribution in [3.05, 3.63) is 35.6 Å². The minimum atomic E-state index is -0.517. The van der Waals surface area contributed by atoms with Gasteiger partial charge in [0.1, 0.15) is 5.76 Å². The molecule has 1 aromatic carbocycles. The molecule has 3 N–H and O–H groups in total. The number of nitrogens with zero attached hydrogens (tertiary/aromatic N) is 1. The smallest absolute Gasteiger partial charge is 0.411 e. The molecule has 0 aliphatic heterocycles. The topological polar surface area (TPSA) is 105 Å². The molecule has 1 aromatic heterocycles. The largest absolute Gasteiger partial charge is 0.450 e. The van der Waals surface area contributed by atoms with Crippen molar-refractivity contribution in [2.45, 2.75) is 20.8 Å². The van der Waals surface area contributed by atoms with Crippen LogP contribution in [0.25, 0.3) is 0 Å². The molecule has 0 aliphatic carbocycles. The predicted molar refractivity (Wildman–Crippen MR) is 90.2 cm³/mol. The average molecular weight is 332 g/mol. The Morgan fingerprint density at radius 3 is 2.62 bits per heavy atom. The highest BCUT2D eigenvalue weighted by Crippen LogP contribution is 2.23. The minimum Gasteiger partial charge on any atom is -0.450 e. The lowest BCUT2D eigenvalue weighted by Crippen LogP contribution is -2.22. The van der Waals surface area contributed by atoms with Crippen molar-refractivity contribution in [2.24, 2.45) is 0 Å². The monoisotopic (exact) mass is 332 g/mol. The van der Waals surface area contributed by atoms with Gasteiger partial charge in [-0.15, -0.1) is 0 Å². The standard InChI is InChI=1S/C16H20N4O4/c1-4-23-16(22)18-13-7-5-6-12(11(13)3)17-9-15(21)19-14-8-10(2)24-20-14/h5-8,17H,4,9H2,1-3H3,(H,18,22)(H,19,20,21). The number of hydrogen-bond acceptors (Lipinski definition) is 6. The first kappa shape index (κ1) is 17.3.